The van der Waals surface area contributed by atoms with Gasteiger partial charge in [-0.25, -0.2) is 13.1 Å². The largest absolute Gasteiger partial charge is 0.493 e. The van der Waals surface area contributed by atoms with E-state index >= 15 is 0 Å². The highest BCUT2D eigenvalue weighted by molar-refractivity contribution is 7.90. The molecule has 0 aromatic heterocycles. The first kappa shape index (κ1) is 35.0. The second-order valence-corrected chi connectivity index (χ2v) is 16.0. The lowest BCUT2D eigenvalue weighted by Gasteiger charge is -2.46. The lowest BCUT2D eigenvalue weighted by atomic mass is 9.69. The Labute approximate surface area is 289 Å². The molecule has 4 aliphatic rings. The van der Waals surface area contributed by atoms with Gasteiger partial charge in [0.05, 0.1) is 48.5 Å². The van der Waals surface area contributed by atoms with Crippen LogP contribution in [0, 0.1) is 11.8 Å². The molecule has 4 atom stereocenters. The van der Waals surface area contributed by atoms with Crippen LogP contribution in [0.1, 0.15) is 52.5 Å². The van der Waals surface area contributed by atoms with Crippen LogP contribution in [0.3, 0.4) is 0 Å². The monoisotopic (exact) mass is 701 g/mol. The number of carbonyl (C=O) groups excluding carboxylic acids is 1. The number of likely N-dealkylation sites (N-methyl/N-ethyl adjacent to an activating group) is 1. The lowest BCUT2D eigenvalue weighted by Crippen LogP contribution is -2.50. The fourth-order valence-corrected chi connectivity index (χ4v) is 8.58. The third-order valence-corrected chi connectivity index (χ3v) is 12.1. The lowest BCUT2D eigenvalue weighted by molar-refractivity contribution is -0.139. The number of amides is 1. The number of hydrogen-bond acceptors (Lipinski definition) is 9. The van der Waals surface area contributed by atoms with Crippen LogP contribution < -0.4 is 19.1 Å². The number of ether oxygens (including phenoxy) is 4. The molecule has 1 aliphatic carbocycles. The number of fused-ring (bicyclic) bond motifs is 4. The summed E-state index contributed by atoms with van der Waals surface area (Å²) in [5, 5.41) is 0.608. The van der Waals surface area contributed by atoms with Crippen LogP contribution in [0.15, 0.2) is 53.4 Å². The van der Waals surface area contributed by atoms with Crippen molar-refractivity contribution in [1.82, 2.24) is 9.62 Å². The van der Waals surface area contributed by atoms with Gasteiger partial charge in [0, 0.05) is 30.2 Å². The molecule has 1 amide bonds. The minimum Gasteiger partial charge on any atom is -0.493 e. The Morgan fingerprint density at radius 2 is 1.90 bits per heavy atom. The van der Waals surface area contributed by atoms with Gasteiger partial charge in [-0.2, -0.15) is 0 Å². The van der Waals surface area contributed by atoms with Gasteiger partial charge < -0.3 is 28.7 Å². The van der Waals surface area contributed by atoms with Gasteiger partial charge in [0.15, 0.2) is 0 Å². The SMILES string of the molecule is CCN(CC)CCO[C@H]1/C=C/COC(C)(C)C(=O)NS(=O)(=O)c2ccc3c(c2)N(C[C@@H]2CC[C@H]21)C[C@@]1(CCOc2cc(Cl)ccc21)CO3. The number of rotatable bonds is 6. The van der Waals surface area contributed by atoms with Crippen molar-refractivity contribution in [2.24, 2.45) is 11.8 Å². The molecule has 0 unspecified atom stereocenters. The molecule has 0 saturated heterocycles. The fraction of sp³-hybridized carbons (Fsp3) is 0.583. The zero-order chi connectivity index (χ0) is 34.1. The maximum Gasteiger partial charge on any atom is 0.265 e. The van der Waals surface area contributed by atoms with Crippen LogP contribution in [0.25, 0.3) is 0 Å². The normalized spacial score (nSPS) is 28.6. The molecule has 10 nitrogen and oxygen atoms in total. The molecular formula is C36H48ClN3O7S. The fourth-order valence-electron chi connectivity index (χ4n) is 7.30. The van der Waals surface area contributed by atoms with Crippen LogP contribution in [0.4, 0.5) is 5.69 Å². The van der Waals surface area contributed by atoms with Crippen molar-refractivity contribution < 1.29 is 32.2 Å². The molecule has 3 heterocycles. The first-order valence-electron chi connectivity index (χ1n) is 17.1. The van der Waals surface area contributed by atoms with Crippen molar-refractivity contribution >= 4 is 33.2 Å². The summed E-state index contributed by atoms with van der Waals surface area (Å²) in [6.07, 6.45) is 6.62. The smallest absolute Gasteiger partial charge is 0.265 e. The Morgan fingerprint density at radius 1 is 1.08 bits per heavy atom. The van der Waals surface area contributed by atoms with E-state index in [2.05, 4.69) is 34.4 Å². The predicted octanol–water partition coefficient (Wildman–Crippen LogP) is 5.18. The topological polar surface area (TPSA) is 107 Å². The average molecular weight is 702 g/mol. The molecule has 2 aromatic carbocycles. The van der Waals surface area contributed by atoms with Crippen molar-refractivity contribution in [3.63, 3.8) is 0 Å². The zero-order valence-corrected chi connectivity index (χ0v) is 29.9. The van der Waals surface area contributed by atoms with E-state index < -0.39 is 26.9 Å². The summed E-state index contributed by atoms with van der Waals surface area (Å²) in [4.78, 5) is 17.9. The van der Waals surface area contributed by atoms with Gasteiger partial charge in [0.25, 0.3) is 15.9 Å². The first-order valence-corrected chi connectivity index (χ1v) is 19.0. The highest BCUT2D eigenvalue weighted by Gasteiger charge is 2.45. The molecule has 48 heavy (non-hydrogen) atoms. The molecule has 262 valence electrons. The number of nitrogens with one attached hydrogen (secondary N) is 1. The second kappa shape index (κ2) is 14.2. The summed E-state index contributed by atoms with van der Waals surface area (Å²) in [5.41, 5.74) is -0.0805. The molecular weight excluding hydrogens is 654 g/mol. The minimum absolute atomic E-state index is 0.0103. The Balaban J connectivity index is 1.39. The average Bonchev–Trinajstić information content (AvgIpc) is 3.19. The highest BCUT2D eigenvalue weighted by Crippen LogP contribution is 2.47. The number of anilines is 1. The molecule has 0 radical (unpaired) electrons. The second-order valence-electron chi connectivity index (χ2n) is 13.9. The van der Waals surface area contributed by atoms with E-state index in [0.29, 0.717) is 55.3 Å². The number of sulfonamides is 1. The standard InChI is InChI=1S/C36H48ClN3O7S/c1-5-39(6-2)16-19-45-31-8-7-17-47-35(3,4)34(41)38-48(42,43)27-11-14-32-30(21-27)40(22-25-9-12-28(25)31)23-36(24-46-32)15-18-44-33-20-26(37)10-13-29(33)36/h7-8,10-11,13-14,20-21,25,28,31H,5-6,9,12,15-19,22-24H2,1-4H3,(H,38,41)/b8-7+/t25-,28+,31-,36-/m0/s1. The summed E-state index contributed by atoms with van der Waals surface area (Å²) >= 11 is 6.37. The Morgan fingerprint density at radius 3 is 2.65 bits per heavy atom. The molecule has 1 saturated carbocycles. The van der Waals surface area contributed by atoms with Crippen molar-refractivity contribution in [2.75, 3.05) is 64.1 Å². The molecule has 3 aliphatic heterocycles. The van der Waals surface area contributed by atoms with Crippen LogP contribution in [-0.4, -0.2) is 90.1 Å². The molecule has 6 rings (SSSR count). The Hall–Kier alpha value is -2.83. The van der Waals surface area contributed by atoms with E-state index in [-0.39, 0.29) is 23.5 Å². The maximum absolute atomic E-state index is 13.6. The molecule has 2 aromatic rings. The van der Waals surface area contributed by atoms with E-state index in [0.717, 1.165) is 50.2 Å². The van der Waals surface area contributed by atoms with E-state index in [1.54, 1.807) is 26.0 Å². The van der Waals surface area contributed by atoms with Crippen LogP contribution in [-0.2, 0) is 29.7 Å². The van der Waals surface area contributed by atoms with E-state index in [9.17, 15) is 13.2 Å². The summed E-state index contributed by atoms with van der Waals surface area (Å²) in [6, 6.07) is 10.6. The molecule has 2 bridgehead atoms. The van der Waals surface area contributed by atoms with E-state index in [1.165, 1.54) is 6.07 Å². The van der Waals surface area contributed by atoms with Gasteiger partial charge in [-0.1, -0.05) is 43.7 Å². The van der Waals surface area contributed by atoms with Gasteiger partial charge in [-0.05, 0) is 88.4 Å². The quantitative estimate of drug-likeness (QED) is 0.408. The van der Waals surface area contributed by atoms with Crippen LogP contribution in [0.5, 0.6) is 11.5 Å². The van der Waals surface area contributed by atoms with Crippen molar-refractivity contribution in [1.29, 1.82) is 0 Å². The number of benzene rings is 2. The predicted molar refractivity (Wildman–Crippen MR) is 186 cm³/mol. The molecule has 1 fully saturated rings. The molecule has 12 heteroatoms. The van der Waals surface area contributed by atoms with Gasteiger partial charge in [0.1, 0.15) is 17.1 Å². The summed E-state index contributed by atoms with van der Waals surface area (Å²) in [6.45, 7) is 13.2. The number of hydrogen-bond donors (Lipinski definition) is 1. The van der Waals surface area contributed by atoms with E-state index in [1.807, 2.05) is 24.3 Å². The summed E-state index contributed by atoms with van der Waals surface area (Å²) < 4.78 is 54.6. The molecule has 1 N–H and O–H groups in total. The number of nitrogens with zero attached hydrogens (tertiary/aromatic N) is 2. The van der Waals surface area contributed by atoms with E-state index in [4.69, 9.17) is 30.5 Å². The minimum atomic E-state index is -4.21. The third-order valence-electron chi connectivity index (χ3n) is 10.5. The molecule has 1 spiro atoms. The van der Waals surface area contributed by atoms with Crippen LogP contribution in [0.2, 0.25) is 5.02 Å². The summed E-state index contributed by atoms with van der Waals surface area (Å²) in [7, 11) is -4.21. The number of halogens is 1. The highest BCUT2D eigenvalue weighted by atomic mass is 35.5. The Kier molecular flexibility index (Phi) is 10.3. The van der Waals surface area contributed by atoms with Gasteiger partial charge in [-0.3, -0.25) is 4.79 Å². The van der Waals surface area contributed by atoms with Crippen molar-refractivity contribution in [2.45, 2.75) is 69.0 Å². The zero-order valence-electron chi connectivity index (χ0n) is 28.4. The first-order chi connectivity index (χ1) is 22.9. The van der Waals surface area contributed by atoms with Gasteiger partial charge >= 0.3 is 0 Å². The third kappa shape index (κ3) is 7.21. The van der Waals surface area contributed by atoms with Crippen molar-refractivity contribution in [3.8, 4) is 11.5 Å². The van der Waals surface area contributed by atoms with Gasteiger partial charge in [-0.15, -0.1) is 0 Å². The number of carbonyl (C=O) groups is 1. The Bertz CT molecular complexity index is 1630. The van der Waals surface area contributed by atoms with Crippen molar-refractivity contribution in [3.05, 3.63) is 59.1 Å². The summed E-state index contributed by atoms with van der Waals surface area (Å²) in [5.74, 6) is 1.17. The van der Waals surface area contributed by atoms with Gasteiger partial charge in [0.2, 0.25) is 0 Å². The van der Waals surface area contributed by atoms with Crippen LogP contribution >= 0.6 is 11.6 Å². The maximum atomic E-state index is 13.6.